The van der Waals surface area contributed by atoms with Gasteiger partial charge >= 0.3 is 5.97 Å². The molecule has 0 aromatic heterocycles. The number of aliphatic carboxylic acids is 1. The highest BCUT2D eigenvalue weighted by Gasteiger charge is 2.58. The van der Waals surface area contributed by atoms with Crippen LogP contribution in [0, 0.1) is 0 Å². The fourth-order valence-corrected chi connectivity index (χ4v) is 3.75. The molecule has 1 aliphatic rings. The Morgan fingerprint density at radius 1 is 1.19 bits per heavy atom. The van der Waals surface area contributed by atoms with E-state index >= 15 is 0 Å². The summed E-state index contributed by atoms with van der Waals surface area (Å²) in [4.78, 5) is 37.5. The summed E-state index contributed by atoms with van der Waals surface area (Å²) in [6.45, 7) is 1.69. The highest BCUT2D eigenvalue weighted by molar-refractivity contribution is 6.30. The van der Waals surface area contributed by atoms with Crippen molar-refractivity contribution in [3.63, 3.8) is 0 Å². The monoisotopic (exact) mass is 386 g/mol. The Morgan fingerprint density at radius 3 is 2.37 bits per heavy atom. The minimum atomic E-state index is -1.57. The molecule has 2 atom stereocenters. The third-order valence-electron chi connectivity index (χ3n) is 5.03. The zero-order valence-electron chi connectivity index (χ0n) is 14.7. The van der Waals surface area contributed by atoms with E-state index in [9.17, 15) is 19.5 Å². The highest BCUT2D eigenvalue weighted by atomic mass is 35.5. The van der Waals surface area contributed by atoms with Crippen molar-refractivity contribution in [3.8, 4) is 0 Å². The Labute approximate surface area is 161 Å². The van der Waals surface area contributed by atoms with E-state index in [2.05, 4.69) is 5.43 Å². The van der Waals surface area contributed by atoms with Crippen LogP contribution in [-0.4, -0.2) is 33.4 Å². The zero-order valence-corrected chi connectivity index (χ0v) is 15.4. The summed E-state index contributed by atoms with van der Waals surface area (Å²) in [5.74, 6) is -2.74. The van der Waals surface area contributed by atoms with Crippen LogP contribution in [0.15, 0.2) is 54.6 Å². The van der Waals surface area contributed by atoms with Gasteiger partial charge in [-0.3, -0.25) is 15.0 Å². The van der Waals surface area contributed by atoms with Crippen LogP contribution < -0.4 is 5.43 Å². The number of carboxylic acid groups (broad SMARTS) is 1. The van der Waals surface area contributed by atoms with E-state index in [1.165, 1.54) is 0 Å². The first kappa shape index (κ1) is 18.9. The van der Waals surface area contributed by atoms with Gasteiger partial charge in [-0.05, 0) is 36.2 Å². The van der Waals surface area contributed by atoms with Crippen LogP contribution in [0.3, 0.4) is 0 Å². The third-order valence-corrected chi connectivity index (χ3v) is 5.29. The maximum absolute atomic E-state index is 12.7. The standard InChI is InChI=1S/C20H19ClN2O4/c1-2-20(19(26)27)16(13-8-10-15(21)11-9-13)12-17(24)23(20)22-18(25)14-6-4-3-5-7-14/h3-11,16H,2,12H2,1H3,(H,22,25)(H,26,27)/t16-,20+/m0/s1. The van der Waals surface area contributed by atoms with Crippen molar-refractivity contribution in [2.24, 2.45) is 0 Å². The van der Waals surface area contributed by atoms with Crippen LogP contribution >= 0.6 is 11.6 Å². The van der Waals surface area contributed by atoms with Gasteiger partial charge in [0.15, 0.2) is 5.54 Å². The summed E-state index contributed by atoms with van der Waals surface area (Å²) in [5.41, 5.74) is 1.97. The molecule has 27 heavy (non-hydrogen) atoms. The minimum Gasteiger partial charge on any atom is -0.479 e. The average Bonchev–Trinajstić information content (AvgIpc) is 2.96. The first-order chi connectivity index (χ1) is 12.9. The van der Waals surface area contributed by atoms with E-state index in [1.54, 1.807) is 61.5 Å². The van der Waals surface area contributed by atoms with Crippen LogP contribution in [0.1, 0.15) is 41.6 Å². The number of amides is 2. The normalized spacial score (nSPS) is 21.9. The zero-order chi connectivity index (χ0) is 19.6. The molecule has 1 saturated heterocycles. The van der Waals surface area contributed by atoms with Crippen molar-refractivity contribution in [1.82, 2.24) is 10.4 Å². The average molecular weight is 387 g/mol. The second-order valence-corrected chi connectivity index (χ2v) is 6.86. The van der Waals surface area contributed by atoms with Crippen molar-refractivity contribution in [2.45, 2.75) is 31.2 Å². The van der Waals surface area contributed by atoms with Crippen LogP contribution in [0.25, 0.3) is 0 Å². The second kappa shape index (κ2) is 7.40. The Bertz CT molecular complexity index is 869. The summed E-state index contributed by atoms with van der Waals surface area (Å²) in [6.07, 6.45) is 0.118. The van der Waals surface area contributed by atoms with Gasteiger partial charge in [-0.25, -0.2) is 9.80 Å². The fraction of sp³-hybridized carbons (Fsp3) is 0.250. The molecule has 140 valence electrons. The van der Waals surface area contributed by atoms with Gasteiger partial charge in [-0.2, -0.15) is 0 Å². The minimum absolute atomic E-state index is 0.0170. The number of nitrogens with zero attached hydrogens (tertiary/aromatic N) is 1. The Kier molecular flexibility index (Phi) is 5.19. The van der Waals surface area contributed by atoms with E-state index in [1.807, 2.05) is 0 Å². The van der Waals surface area contributed by atoms with Crippen LogP contribution in [0.5, 0.6) is 0 Å². The Hall–Kier alpha value is -2.86. The second-order valence-electron chi connectivity index (χ2n) is 6.43. The predicted molar refractivity (Wildman–Crippen MR) is 100 cm³/mol. The van der Waals surface area contributed by atoms with Crippen LogP contribution in [-0.2, 0) is 9.59 Å². The SMILES string of the molecule is CC[C@]1(C(=O)O)[C@H](c2ccc(Cl)cc2)CC(=O)N1NC(=O)c1ccccc1. The lowest BCUT2D eigenvalue weighted by molar-refractivity contribution is -0.157. The summed E-state index contributed by atoms with van der Waals surface area (Å²) < 4.78 is 0. The topological polar surface area (TPSA) is 86.7 Å². The molecule has 6 nitrogen and oxygen atoms in total. The predicted octanol–water partition coefficient (Wildman–Crippen LogP) is 3.23. The third kappa shape index (κ3) is 3.28. The van der Waals surface area contributed by atoms with Crippen molar-refractivity contribution in [1.29, 1.82) is 0 Å². The van der Waals surface area contributed by atoms with Gasteiger partial charge < -0.3 is 5.11 Å². The maximum atomic E-state index is 12.7. The van der Waals surface area contributed by atoms with Gasteiger partial charge in [-0.15, -0.1) is 0 Å². The first-order valence-corrected chi connectivity index (χ1v) is 8.96. The molecule has 2 amide bonds. The Balaban J connectivity index is 1.99. The first-order valence-electron chi connectivity index (χ1n) is 8.58. The maximum Gasteiger partial charge on any atom is 0.332 e. The molecular formula is C20H19ClN2O4. The molecule has 0 unspecified atom stereocenters. The fourth-order valence-electron chi connectivity index (χ4n) is 3.62. The molecule has 1 heterocycles. The molecular weight excluding hydrogens is 368 g/mol. The molecule has 0 spiro atoms. The molecule has 0 bridgehead atoms. The molecule has 1 fully saturated rings. The number of carboxylic acids is 1. The molecule has 0 aliphatic carbocycles. The number of carbonyl (C=O) groups excluding carboxylic acids is 2. The quantitative estimate of drug-likeness (QED) is 0.825. The Morgan fingerprint density at radius 2 is 1.81 bits per heavy atom. The highest BCUT2D eigenvalue weighted by Crippen LogP contribution is 2.44. The molecule has 7 heteroatoms. The van der Waals surface area contributed by atoms with Gasteiger partial charge in [0.1, 0.15) is 0 Å². The number of benzene rings is 2. The van der Waals surface area contributed by atoms with E-state index in [4.69, 9.17) is 11.6 Å². The van der Waals surface area contributed by atoms with E-state index in [0.29, 0.717) is 16.1 Å². The molecule has 1 aliphatic heterocycles. The van der Waals surface area contributed by atoms with Crippen molar-refractivity contribution < 1.29 is 19.5 Å². The number of nitrogens with one attached hydrogen (secondary N) is 1. The lowest BCUT2D eigenvalue weighted by Crippen LogP contribution is -2.61. The molecule has 2 N–H and O–H groups in total. The summed E-state index contributed by atoms with van der Waals surface area (Å²) in [7, 11) is 0. The van der Waals surface area contributed by atoms with Crippen molar-refractivity contribution in [3.05, 3.63) is 70.7 Å². The van der Waals surface area contributed by atoms with E-state index in [0.717, 1.165) is 5.01 Å². The lowest BCUT2D eigenvalue weighted by Gasteiger charge is -2.37. The van der Waals surface area contributed by atoms with Gasteiger partial charge in [-0.1, -0.05) is 48.9 Å². The molecule has 0 saturated carbocycles. The number of rotatable bonds is 5. The largest absolute Gasteiger partial charge is 0.479 e. The van der Waals surface area contributed by atoms with Crippen LogP contribution in [0.4, 0.5) is 0 Å². The molecule has 0 radical (unpaired) electrons. The molecule has 2 aromatic rings. The summed E-state index contributed by atoms with van der Waals surface area (Å²) in [6, 6.07) is 15.1. The van der Waals surface area contributed by atoms with E-state index in [-0.39, 0.29) is 12.8 Å². The molecule has 3 rings (SSSR count). The lowest BCUT2D eigenvalue weighted by atomic mass is 9.78. The van der Waals surface area contributed by atoms with Crippen LogP contribution in [0.2, 0.25) is 5.02 Å². The molecule has 2 aromatic carbocycles. The smallest absolute Gasteiger partial charge is 0.332 e. The van der Waals surface area contributed by atoms with Gasteiger partial charge in [0.25, 0.3) is 5.91 Å². The van der Waals surface area contributed by atoms with E-state index < -0.39 is 29.2 Å². The summed E-state index contributed by atoms with van der Waals surface area (Å²) in [5, 5.41) is 11.6. The van der Waals surface area contributed by atoms with Crippen molar-refractivity contribution >= 4 is 29.4 Å². The number of hydrogen-bond acceptors (Lipinski definition) is 3. The number of carbonyl (C=O) groups is 3. The van der Waals surface area contributed by atoms with Gasteiger partial charge in [0.2, 0.25) is 5.91 Å². The number of hydrazine groups is 1. The number of hydrogen-bond donors (Lipinski definition) is 2. The van der Waals surface area contributed by atoms with Gasteiger partial charge in [0, 0.05) is 22.9 Å². The van der Waals surface area contributed by atoms with Gasteiger partial charge in [0.05, 0.1) is 0 Å². The van der Waals surface area contributed by atoms with Crippen molar-refractivity contribution in [2.75, 3.05) is 0 Å². The number of halogens is 1. The summed E-state index contributed by atoms with van der Waals surface area (Å²) >= 11 is 5.93.